The molecule has 2 aromatic heterocycles. The topological polar surface area (TPSA) is 68.1 Å². The van der Waals surface area contributed by atoms with Crippen LogP contribution in [-0.2, 0) is 25.7 Å². The molecule has 1 N–H and O–H groups in total. The highest BCUT2D eigenvalue weighted by atomic mass is 19.4. The second kappa shape index (κ2) is 10.9. The minimum absolute atomic E-state index is 0.324. The molecule has 1 aliphatic rings. The van der Waals surface area contributed by atoms with Crippen molar-refractivity contribution in [3.63, 3.8) is 0 Å². The number of para-hydroxylation sites is 1. The molecule has 3 heterocycles. The van der Waals surface area contributed by atoms with Crippen LogP contribution in [0.3, 0.4) is 0 Å². The number of halogens is 3. The standard InChI is InChI=1S/C30H27F3N6O/c31-30(32,33)24-12-10-21(11-13-24)18-39-20-35-26-27(34-15-17-40-25-8-2-1-3-9-25)36-29(37-28(26)39)38-16-14-22-6-4-5-7-23(22)19-38/h1-13,20H,14-19H2,(H,34,36,37). The van der Waals surface area contributed by atoms with E-state index < -0.39 is 11.7 Å². The summed E-state index contributed by atoms with van der Waals surface area (Å²) in [5.74, 6) is 1.94. The molecule has 0 fully saturated rings. The number of fused-ring (bicyclic) bond motifs is 2. The number of imidazole rings is 1. The maximum atomic E-state index is 13.0. The summed E-state index contributed by atoms with van der Waals surface area (Å²) in [7, 11) is 0. The number of alkyl halides is 3. The smallest absolute Gasteiger partial charge is 0.416 e. The van der Waals surface area contributed by atoms with Crippen LogP contribution in [0.4, 0.5) is 24.9 Å². The molecule has 0 saturated carbocycles. The largest absolute Gasteiger partial charge is 0.492 e. The van der Waals surface area contributed by atoms with E-state index in [0.717, 1.165) is 30.8 Å². The Morgan fingerprint density at radius 2 is 1.62 bits per heavy atom. The van der Waals surface area contributed by atoms with Crippen molar-refractivity contribution < 1.29 is 17.9 Å². The van der Waals surface area contributed by atoms with Gasteiger partial charge in [0.1, 0.15) is 12.4 Å². The number of benzene rings is 3. The number of hydrogen-bond donors (Lipinski definition) is 1. The van der Waals surface area contributed by atoms with Crippen LogP contribution in [-0.4, -0.2) is 39.2 Å². The maximum absolute atomic E-state index is 13.0. The Labute approximate surface area is 229 Å². The summed E-state index contributed by atoms with van der Waals surface area (Å²) in [6, 6.07) is 23.1. The highest BCUT2D eigenvalue weighted by molar-refractivity contribution is 5.84. The number of nitrogens with one attached hydrogen (secondary N) is 1. The van der Waals surface area contributed by atoms with Gasteiger partial charge in [-0.05, 0) is 47.4 Å². The van der Waals surface area contributed by atoms with E-state index in [1.807, 2.05) is 41.0 Å². The molecule has 0 amide bonds. The van der Waals surface area contributed by atoms with E-state index >= 15 is 0 Å². The first kappa shape index (κ1) is 25.7. The minimum Gasteiger partial charge on any atom is -0.492 e. The van der Waals surface area contributed by atoms with Crippen LogP contribution >= 0.6 is 0 Å². The van der Waals surface area contributed by atoms with E-state index in [2.05, 4.69) is 33.4 Å². The number of anilines is 2. The molecule has 204 valence electrons. The molecule has 0 saturated heterocycles. The quantitative estimate of drug-likeness (QED) is 0.244. The van der Waals surface area contributed by atoms with Gasteiger partial charge in [-0.25, -0.2) is 4.98 Å². The molecule has 0 spiro atoms. The summed E-state index contributed by atoms with van der Waals surface area (Å²) >= 11 is 0. The van der Waals surface area contributed by atoms with Crippen molar-refractivity contribution in [1.82, 2.24) is 19.5 Å². The lowest BCUT2D eigenvalue weighted by Gasteiger charge is -2.29. The molecule has 0 aliphatic carbocycles. The average molecular weight is 545 g/mol. The van der Waals surface area contributed by atoms with E-state index in [1.54, 1.807) is 6.33 Å². The Bertz CT molecular complexity index is 1600. The Hall–Kier alpha value is -4.60. The zero-order valence-corrected chi connectivity index (χ0v) is 21.6. The highest BCUT2D eigenvalue weighted by Crippen LogP contribution is 2.30. The number of nitrogens with zero attached hydrogens (tertiary/aromatic N) is 5. The molecular formula is C30H27F3N6O. The summed E-state index contributed by atoms with van der Waals surface area (Å²) in [5, 5.41) is 3.35. The van der Waals surface area contributed by atoms with Crippen molar-refractivity contribution in [2.75, 3.05) is 29.9 Å². The van der Waals surface area contributed by atoms with Crippen LogP contribution in [0.25, 0.3) is 11.2 Å². The van der Waals surface area contributed by atoms with Crippen LogP contribution in [0.2, 0.25) is 0 Å². The van der Waals surface area contributed by atoms with Gasteiger partial charge < -0.3 is 19.5 Å². The van der Waals surface area contributed by atoms with Gasteiger partial charge in [-0.15, -0.1) is 0 Å². The molecule has 1 aliphatic heterocycles. The van der Waals surface area contributed by atoms with E-state index in [9.17, 15) is 13.2 Å². The van der Waals surface area contributed by atoms with Gasteiger partial charge >= 0.3 is 6.18 Å². The third kappa shape index (κ3) is 5.56. The van der Waals surface area contributed by atoms with E-state index in [-0.39, 0.29) is 0 Å². The van der Waals surface area contributed by atoms with Crippen molar-refractivity contribution >= 4 is 22.9 Å². The highest BCUT2D eigenvalue weighted by Gasteiger charge is 2.30. The SMILES string of the molecule is FC(F)(F)c1ccc(Cn2cnc3c(NCCOc4ccccc4)nc(N4CCc5ccccc5C4)nc32)cc1. The fraction of sp³-hybridized carbons (Fsp3) is 0.233. The van der Waals surface area contributed by atoms with E-state index in [0.29, 0.717) is 54.7 Å². The van der Waals surface area contributed by atoms with Crippen LogP contribution in [0, 0.1) is 0 Å². The monoisotopic (exact) mass is 544 g/mol. The molecule has 5 aromatic rings. The molecule has 10 heteroatoms. The molecule has 40 heavy (non-hydrogen) atoms. The number of ether oxygens (including phenoxy) is 1. The van der Waals surface area contributed by atoms with Crippen molar-refractivity contribution in [3.8, 4) is 5.75 Å². The number of rotatable bonds is 8. The average Bonchev–Trinajstić information content (AvgIpc) is 3.38. The number of hydrogen-bond acceptors (Lipinski definition) is 6. The molecule has 3 aromatic carbocycles. The summed E-state index contributed by atoms with van der Waals surface area (Å²) in [6.45, 7) is 2.70. The first-order valence-electron chi connectivity index (χ1n) is 13.1. The third-order valence-corrected chi connectivity index (χ3v) is 6.91. The van der Waals surface area contributed by atoms with Gasteiger partial charge in [0.25, 0.3) is 0 Å². The molecule has 7 nitrogen and oxygen atoms in total. The predicted molar refractivity (Wildman–Crippen MR) is 147 cm³/mol. The van der Waals surface area contributed by atoms with Gasteiger partial charge in [-0.2, -0.15) is 23.1 Å². The number of aromatic nitrogens is 4. The van der Waals surface area contributed by atoms with Gasteiger partial charge in [0, 0.05) is 13.1 Å². The fourth-order valence-electron chi connectivity index (χ4n) is 4.83. The van der Waals surface area contributed by atoms with Gasteiger partial charge in [0.15, 0.2) is 17.0 Å². The lowest BCUT2D eigenvalue weighted by molar-refractivity contribution is -0.137. The lowest BCUT2D eigenvalue weighted by atomic mass is 10.0. The van der Waals surface area contributed by atoms with Crippen molar-refractivity contribution in [3.05, 3.63) is 107 Å². The fourth-order valence-corrected chi connectivity index (χ4v) is 4.83. The molecule has 0 bridgehead atoms. The Balaban J connectivity index is 1.28. The van der Waals surface area contributed by atoms with Gasteiger partial charge in [0.2, 0.25) is 5.95 Å². The second-order valence-electron chi connectivity index (χ2n) is 9.64. The zero-order valence-electron chi connectivity index (χ0n) is 21.6. The van der Waals surface area contributed by atoms with Crippen LogP contribution in [0.1, 0.15) is 22.3 Å². The normalized spacial score (nSPS) is 13.3. The molecule has 0 atom stereocenters. The summed E-state index contributed by atoms with van der Waals surface area (Å²) < 4.78 is 46.8. The summed E-state index contributed by atoms with van der Waals surface area (Å²) in [4.78, 5) is 16.4. The molecule has 0 radical (unpaired) electrons. The van der Waals surface area contributed by atoms with Gasteiger partial charge in [0.05, 0.1) is 25.0 Å². The van der Waals surface area contributed by atoms with E-state index in [1.165, 1.54) is 23.3 Å². The second-order valence-corrected chi connectivity index (χ2v) is 9.64. The van der Waals surface area contributed by atoms with Crippen LogP contribution in [0.15, 0.2) is 85.2 Å². The molecule has 0 unspecified atom stereocenters. The Kier molecular flexibility index (Phi) is 6.98. The Morgan fingerprint density at radius 1 is 0.875 bits per heavy atom. The Morgan fingerprint density at radius 3 is 2.40 bits per heavy atom. The van der Waals surface area contributed by atoms with Crippen molar-refractivity contribution in [2.45, 2.75) is 25.7 Å². The molecule has 6 rings (SSSR count). The van der Waals surface area contributed by atoms with Gasteiger partial charge in [-0.3, -0.25) is 0 Å². The van der Waals surface area contributed by atoms with E-state index in [4.69, 9.17) is 14.7 Å². The van der Waals surface area contributed by atoms with Crippen LogP contribution < -0.4 is 15.0 Å². The summed E-state index contributed by atoms with van der Waals surface area (Å²) in [5.41, 5.74) is 3.80. The van der Waals surface area contributed by atoms with Crippen LogP contribution in [0.5, 0.6) is 5.75 Å². The van der Waals surface area contributed by atoms with Crippen molar-refractivity contribution in [1.29, 1.82) is 0 Å². The first-order chi connectivity index (χ1) is 19.4. The summed E-state index contributed by atoms with van der Waals surface area (Å²) in [6.07, 6.45) is -1.84. The predicted octanol–water partition coefficient (Wildman–Crippen LogP) is 5.95. The minimum atomic E-state index is -4.37. The molecular weight excluding hydrogens is 517 g/mol. The first-order valence-corrected chi connectivity index (χ1v) is 13.1. The lowest BCUT2D eigenvalue weighted by Crippen LogP contribution is -2.32. The zero-order chi connectivity index (χ0) is 27.5. The van der Waals surface area contributed by atoms with Crippen molar-refractivity contribution in [2.24, 2.45) is 0 Å². The maximum Gasteiger partial charge on any atom is 0.416 e. The van der Waals surface area contributed by atoms with Gasteiger partial charge in [-0.1, -0.05) is 54.6 Å². The third-order valence-electron chi connectivity index (χ3n) is 6.91.